The van der Waals surface area contributed by atoms with Crippen molar-refractivity contribution in [3.8, 4) is 0 Å². The molecule has 0 rings (SSSR count). The summed E-state index contributed by atoms with van der Waals surface area (Å²) in [7, 11) is -4.32. The zero-order valence-electron chi connectivity index (χ0n) is 13.5. The van der Waals surface area contributed by atoms with Gasteiger partial charge < -0.3 is 14.2 Å². The van der Waals surface area contributed by atoms with Crippen molar-refractivity contribution in [1.82, 2.24) is 0 Å². The van der Waals surface area contributed by atoms with Gasteiger partial charge >= 0.3 is 10.4 Å². The molecule has 0 unspecified atom stereocenters. The highest BCUT2D eigenvalue weighted by atomic mass is 32.3. The smallest absolute Gasteiger partial charge is 0.379 e. The SMILES string of the molecule is CCCCCCOCCOCCOCCCCOS(=O)(=O)O. The first-order valence-electron chi connectivity index (χ1n) is 7.91. The highest BCUT2D eigenvalue weighted by Gasteiger charge is 2.02. The Hall–Kier alpha value is -0.250. The van der Waals surface area contributed by atoms with E-state index in [0.717, 1.165) is 13.0 Å². The lowest BCUT2D eigenvalue weighted by atomic mass is 10.2. The Morgan fingerprint density at radius 1 is 0.682 bits per heavy atom. The van der Waals surface area contributed by atoms with Crippen molar-refractivity contribution in [2.75, 3.05) is 46.2 Å². The lowest BCUT2D eigenvalue weighted by Crippen LogP contribution is -2.10. The maximum atomic E-state index is 10.3. The van der Waals surface area contributed by atoms with Crippen LogP contribution in [-0.4, -0.2) is 59.2 Å². The second kappa shape index (κ2) is 15.6. The zero-order chi connectivity index (χ0) is 16.5. The Morgan fingerprint density at radius 2 is 1.14 bits per heavy atom. The molecule has 0 radical (unpaired) electrons. The Bertz CT molecular complexity index is 319. The van der Waals surface area contributed by atoms with Gasteiger partial charge in [-0.15, -0.1) is 0 Å². The van der Waals surface area contributed by atoms with Gasteiger partial charge in [0, 0.05) is 13.2 Å². The molecule has 0 saturated heterocycles. The number of hydrogen-bond acceptors (Lipinski definition) is 6. The fraction of sp³-hybridized carbons (Fsp3) is 1.00. The van der Waals surface area contributed by atoms with Crippen LogP contribution in [0, 0.1) is 0 Å². The van der Waals surface area contributed by atoms with E-state index in [-0.39, 0.29) is 6.61 Å². The topological polar surface area (TPSA) is 91.3 Å². The average Bonchev–Trinajstić information content (AvgIpc) is 2.45. The van der Waals surface area contributed by atoms with Gasteiger partial charge in [0.15, 0.2) is 0 Å². The summed E-state index contributed by atoms with van der Waals surface area (Å²) in [6, 6.07) is 0. The van der Waals surface area contributed by atoms with Crippen LogP contribution in [0.2, 0.25) is 0 Å². The molecule has 0 aromatic carbocycles. The van der Waals surface area contributed by atoms with E-state index < -0.39 is 10.4 Å². The largest absolute Gasteiger partial charge is 0.397 e. The quantitative estimate of drug-likeness (QED) is 0.320. The highest BCUT2D eigenvalue weighted by molar-refractivity contribution is 7.80. The number of hydrogen-bond donors (Lipinski definition) is 1. The molecule has 22 heavy (non-hydrogen) atoms. The molecule has 0 saturated carbocycles. The Balaban J connectivity index is 3.03. The van der Waals surface area contributed by atoms with Crippen molar-refractivity contribution in [3.63, 3.8) is 0 Å². The molecule has 0 aliphatic rings. The van der Waals surface area contributed by atoms with Crippen LogP contribution < -0.4 is 0 Å². The molecule has 1 N–H and O–H groups in total. The van der Waals surface area contributed by atoms with E-state index in [0.29, 0.717) is 45.9 Å². The van der Waals surface area contributed by atoms with Gasteiger partial charge in [0.2, 0.25) is 0 Å². The maximum Gasteiger partial charge on any atom is 0.397 e. The van der Waals surface area contributed by atoms with Gasteiger partial charge in [-0.2, -0.15) is 8.42 Å². The van der Waals surface area contributed by atoms with Gasteiger partial charge in [0.25, 0.3) is 0 Å². The molecule has 0 aromatic rings. The number of ether oxygens (including phenoxy) is 3. The minimum Gasteiger partial charge on any atom is -0.379 e. The Morgan fingerprint density at radius 3 is 1.64 bits per heavy atom. The Labute approximate surface area is 134 Å². The van der Waals surface area contributed by atoms with Gasteiger partial charge in [-0.05, 0) is 19.3 Å². The molecule has 0 aliphatic carbocycles. The van der Waals surface area contributed by atoms with Crippen LogP contribution in [0.1, 0.15) is 45.4 Å². The van der Waals surface area contributed by atoms with E-state index in [4.69, 9.17) is 18.8 Å². The molecule has 0 atom stereocenters. The molecule has 0 heterocycles. The maximum absolute atomic E-state index is 10.3. The van der Waals surface area contributed by atoms with Crippen molar-refractivity contribution >= 4 is 10.4 Å². The molecule has 7 nitrogen and oxygen atoms in total. The molecule has 0 spiro atoms. The van der Waals surface area contributed by atoms with Crippen molar-refractivity contribution < 1.29 is 31.4 Å². The minimum absolute atomic E-state index is 0.0334. The first-order valence-corrected chi connectivity index (χ1v) is 9.28. The molecular weight excluding hydrogens is 312 g/mol. The zero-order valence-corrected chi connectivity index (χ0v) is 14.3. The summed E-state index contributed by atoms with van der Waals surface area (Å²) in [5, 5.41) is 0. The van der Waals surface area contributed by atoms with Crippen LogP contribution in [0.4, 0.5) is 0 Å². The summed E-state index contributed by atoms with van der Waals surface area (Å²) < 4.78 is 49.1. The van der Waals surface area contributed by atoms with Crippen LogP contribution in [-0.2, 0) is 28.8 Å². The van der Waals surface area contributed by atoms with Crippen LogP contribution in [0.15, 0.2) is 0 Å². The molecular formula is C14H30O7S. The third-order valence-electron chi connectivity index (χ3n) is 2.80. The predicted octanol–water partition coefficient (Wildman–Crippen LogP) is 2.22. The van der Waals surface area contributed by atoms with Crippen LogP contribution in [0.5, 0.6) is 0 Å². The molecule has 134 valence electrons. The van der Waals surface area contributed by atoms with E-state index >= 15 is 0 Å². The molecule has 0 bridgehead atoms. The molecule has 0 aromatic heterocycles. The van der Waals surface area contributed by atoms with Crippen molar-refractivity contribution in [2.45, 2.75) is 45.4 Å². The summed E-state index contributed by atoms with van der Waals surface area (Å²) in [4.78, 5) is 0. The van der Waals surface area contributed by atoms with E-state index in [1.54, 1.807) is 0 Å². The minimum atomic E-state index is -4.32. The first-order chi connectivity index (χ1) is 10.6. The first kappa shape index (κ1) is 21.8. The molecule has 8 heteroatoms. The van der Waals surface area contributed by atoms with Gasteiger partial charge in [0.05, 0.1) is 33.0 Å². The fourth-order valence-electron chi connectivity index (χ4n) is 1.64. The molecule has 0 fully saturated rings. The summed E-state index contributed by atoms with van der Waals surface area (Å²) >= 11 is 0. The summed E-state index contributed by atoms with van der Waals surface area (Å²) in [5.74, 6) is 0. The number of rotatable bonds is 17. The van der Waals surface area contributed by atoms with E-state index in [2.05, 4.69) is 11.1 Å². The highest BCUT2D eigenvalue weighted by Crippen LogP contribution is 1.98. The molecule has 0 aliphatic heterocycles. The van der Waals surface area contributed by atoms with E-state index in [9.17, 15) is 8.42 Å². The van der Waals surface area contributed by atoms with E-state index in [1.165, 1.54) is 19.3 Å². The summed E-state index contributed by atoms with van der Waals surface area (Å²) in [5.41, 5.74) is 0. The average molecular weight is 342 g/mol. The van der Waals surface area contributed by atoms with Crippen molar-refractivity contribution in [3.05, 3.63) is 0 Å². The second-order valence-electron chi connectivity index (χ2n) is 4.85. The van der Waals surface area contributed by atoms with Crippen molar-refractivity contribution in [2.24, 2.45) is 0 Å². The standard InChI is InChI=1S/C14H30O7S/c1-2-3-4-5-8-18-11-13-20-14-12-19-9-6-7-10-21-22(15,16)17/h2-14H2,1H3,(H,15,16,17). The van der Waals surface area contributed by atoms with Gasteiger partial charge in [-0.25, -0.2) is 4.18 Å². The Kier molecular flexibility index (Phi) is 15.5. The summed E-state index contributed by atoms with van der Waals surface area (Å²) in [6.45, 7) is 5.64. The van der Waals surface area contributed by atoms with Crippen molar-refractivity contribution in [1.29, 1.82) is 0 Å². The van der Waals surface area contributed by atoms with E-state index in [1.807, 2.05) is 0 Å². The van der Waals surface area contributed by atoms with Crippen LogP contribution >= 0.6 is 0 Å². The normalized spacial score (nSPS) is 11.9. The monoisotopic (exact) mass is 342 g/mol. The predicted molar refractivity (Wildman–Crippen MR) is 83.3 cm³/mol. The van der Waals surface area contributed by atoms with Gasteiger partial charge in [-0.3, -0.25) is 4.55 Å². The third-order valence-corrected chi connectivity index (χ3v) is 3.27. The summed E-state index contributed by atoms with van der Waals surface area (Å²) in [6.07, 6.45) is 6.00. The third kappa shape index (κ3) is 19.8. The van der Waals surface area contributed by atoms with Gasteiger partial charge in [0.1, 0.15) is 0 Å². The second-order valence-corrected chi connectivity index (χ2v) is 5.95. The lowest BCUT2D eigenvalue weighted by Gasteiger charge is -2.07. The van der Waals surface area contributed by atoms with Gasteiger partial charge in [-0.1, -0.05) is 26.2 Å². The van der Waals surface area contributed by atoms with Crippen LogP contribution in [0.3, 0.4) is 0 Å². The molecule has 0 amide bonds. The van der Waals surface area contributed by atoms with Crippen LogP contribution in [0.25, 0.3) is 0 Å². The number of unbranched alkanes of at least 4 members (excludes halogenated alkanes) is 4. The fourth-order valence-corrected chi connectivity index (χ4v) is 1.97. The lowest BCUT2D eigenvalue weighted by molar-refractivity contribution is 0.0129.